The quantitative estimate of drug-likeness (QED) is 0.534. The molecule has 6 nitrogen and oxygen atoms in total. The molecule has 0 aliphatic heterocycles. The molecule has 0 spiro atoms. The minimum atomic E-state index is -0.742. The lowest BCUT2D eigenvalue weighted by atomic mass is 9.97. The molecule has 1 aromatic rings. The van der Waals surface area contributed by atoms with Gasteiger partial charge in [-0.2, -0.15) is 0 Å². The van der Waals surface area contributed by atoms with Crippen LogP contribution in [0, 0.1) is 5.92 Å². The summed E-state index contributed by atoms with van der Waals surface area (Å²) in [6.07, 6.45) is 2.80. The highest BCUT2D eigenvalue weighted by molar-refractivity contribution is 5.92. The van der Waals surface area contributed by atoms with Gasteiger partial charge in [0.25, 0.3) is 0 Å². The number of benzene rings is 1. The molecule has 6 heteroatoms. The summed E-state index contributed by atoms with van der Waals surface area (Å²) in [7, 11) is 0. The van der Waals surface area contributed by atoms with Crippen LogP contribution < -0.4 is 10.6 Å². The third kappa shape index (κ3) is 9.22. The second kappa shape index (κ2) is 11.7. The molecule has 0 aliphatic rings. The summed E-state index contributed by atoms with van der Waals surface area (Å²) in [4.78, 5) is 24.2. The summed E-state index contributed by atoms with van der Waals surface area (Å²) >= 11 is 0. The van der Waals surface area contributed by atoms with E-state index in [0.717, 1.165) is 25.7 Å². The van der Waals surface area contributed by atoms with Crippen molar-refractivity contribution in [3.05, 3.63) is 29.8 Å². The number of alkyl carbamates (subject to hydrolysis) is 1. The maximum Gasteiger partial charge on any atom is 0.407 e. The fourth-order valence-electron chi connectivity index (χ4n) is 2.96. The molecule has 2 amide bonds. The van der Waals surface area contributed by atoms with Crippen molar-refractivity contribution in [3.8, 4) is 0 Å². The van der Waals surface area contributed by atoms with Crippen LogP contribution in [0.25, 0.3) is 0 Å². The maximum absolute atomic E-state index is 12.5. The highest BCUT2D eigenvalue weighted by atomic mass is 16.6. The number of carbonyl (C=O) groups is 2. The first-order chi connectivity index (χ1) is 13.2. The molecule has 158 valence electrons. The monoisotopic (exact) mass is 392 g/mol. The summed E-state index contributed by atoms with van der Waals surface area (Å²) in [6, 6.07) is 7.22. The Morgan fingerprint density at radius 2 is 1.75 bits per heavy atom. The normalized spacial score (nSPS) is 12.5. The molecule has 0 aliphatic carbocycles. The molecule has 0 fully saturated rings. The van der Waals surface area contributed by atoms with E-state index < -0.39 is 17.8 Å². The Morgan fingerprint density at radius 1 is 1.11 bits per heavy atom. The van der Waals surface area contributed by atoms with Gasteiger partial charge < -0.3 is 20.5 Å². The van der Waals surface area contributed by atoms with Gasteiger partial charge in [0.1, 0.15) is 5.60 Å². The lowest BCUT2D eigenvalue weighted by molar-refractivity contribution is -0.120. The Bertz CT molecular complexity index is 619. The Morgan fingerprint density at radius 3 is 2.32 bits per heavy atom. The second-order valence-corrected chi connectivity index (χ2v) is 8.12. The van der Waals surface area contributed by atoms with E-state index in [2.05, 4.69) is 24.5 Å². The average molecular weight is 393 g/mol. The van der Waals surface area contributed by atoms with Gasteiger partial charge in [0.2, 0.25) is 5.91 Å². The molecule has 0 aromatic heterocycles. The number of ether oxygens (including phenoxy) is 1. The zero-order valence-electron chi connectivity index (χ0n) is 17.9. The van der Waals surface area contributed by atoms with Crippen molar-refractivity contribution >= 4 is 17.7 Å². The van der Waals surface area contributed by atoms with Crippen molar-refractivity contribution < 1.29 is 19.4 Å². The summed E-state index contributed by atoms with van der Waals surface area (Å²) in [5.74, 6) is 0.0449. The molecule has 0 saturated carbocycles. The summed E-state index contributed by atoms with van der Waals surface area (Å²) in [6.45, 7) is 9.85. The molecule has 3 N–H and O–H groups in total. The molecule has 0 bridgehead atoms. The fraction of sp³-hybridized carbons (Fsp3) is 0.636. The predicted octanol–water partition coefficient (Wildman–Crippen LogP) is 4.79. The Hall–Kier alpha value is -2.08. The minimum Gasteiger partial charge on any atom is -0.444 e. The predicted molar refractivity (Wildman–Crippen MR) is 112 cm³/mol. The number of amides is 2. The van der Waals surface area contributed by atoms with Crippen LogP contribution in [0.1, 0.15) is 78.4 Å². The van der Waals surface area contributed by atoms with E-state index in [-0.39, 0.29) is 11.8 Å². The Labute approximate surface area is 169 Å². The molecular formula is C22H36N2O4. The molecule has 1 rings (SSSR count). The van der Waals surface area contributed by atoms with E-state index in [0.29, 0.717) is 24.2 Å². The van der Waals surface area contributed by atoms with Gasteiger partial charge in [-0.05, 0) is 57.7 Å². The van der Waals surface area contributed by atoms with Gasteiger partial charge in [0, 0.05) is 18.2 Å². The summed E-state index contributed by atoms with van der Waals surface area (Å²) in [5.41, 5.74) is 0.827. The number of rotatable bonds is 10. The molecule has 0 heterocycles. The SMILES string of the molecule is CCCC(CCC)C(=O)Nc1cccc(C(O)CCNC(=O)OC(C)(C)C)c1. The van der Waals surface area contributed by atoms with Gasteiger partial charge in [-0.1, -0.05) is 38.8 Å². The lowest BCUT2D eigenvalue weighted by Crippen LogP contribution is -2.33. The van der Waals surface area contributed by atoms with E-state index >= 15 is 0 Å². The van der Waals surface area contributed by atoms with Crippen LogP contribution in [-0.4, -0.2) is 29.3 Å². The van der Waals surface area contributed by atoms with Crippen LogP contribution in [0.5, 0.6) is 0 Å². The number of aliphatic hydroxyl groups is 1. The highest BCUT2D eigenvalue weighted by Gasteiger charge is 2.18. The zero-order chi connectivity index (χ0) is 21.2. The zero-order valence-corrected chi connectivity index (χ0v) is 17.9. The van der Waals surface area contributed by atoms with Crippen LogP contribution in [0.2, 0.25) is 0 Å². The average Bonchev–Trinajstić information content (AvgIpc) is 2.60. The smallest absolute Gasteiger partial charge is 0.407 e. The van der Waals surface area contributed by atoms with Crippen molar-refractivity contribution in [2.24, 2.45) is 5.92 Å². The van der Waals surface area contributed by atoms with E-state index in [1.807, 2.05) is 18.2 Å². The molecular weight excluding hydrogens is 356 g/mol. The van der Waals surface area contributed by atoms with E-state index in [9.17, 15) is 14.7 Å². The van der Waals surface area contributed by atoms with Crippen molar-refractivity contribution in [1.82, 2.24) is 5.32 Å². The maximum atomic E-state index is 12.5. The van der Waals surface area contributed by atoms with E-state index in [4.69, 9.17) is 4.74 Å². The van der Waals surface area contributed by atoms with Crippen LogP contribution in [-0.2, 0) is 9.53 Å². The van der Waals surface area contributed by atoms with Crippen molar-refractivity contribution in [3.63, 3.8) is 0 Å². The Kier molecular flexibility index (Phi) is 10.0. The summed E-state index contributed by atoms with van der Waals surface area (Å²) in [5, 5.41) is 16.0. The molecule has 28 heavy (non-hydrogen) atoms. The van der Waals surface area contributed by atoms with Gasteiger partial charge in [0.05, 0.1) is 6.10 Å². The molecule has 1 aromatic carbocycles. The summed E-state index contributed by atoms with van der Waals surface area (Å²) < 4.78 is 5.17. The first-order valence-corrected chi connectivity index (χ1v) is 10.2. The third-order valence-electron chi connectivity index (χ3n) is 4.27. The first kappa shape index (κ1) is 24.0. The largest absolute Gasteiger partial charge is 0.444 e. The van der Waals surface area contributed by atoms with E-state index in [1.165, 1.54) is 0 Å². The van der Waals surface area contributed by atoms with Gasteiger partial charge in [-0.3, -0.25) is 4.79 Å². The number of aliphatic hydroxyl groups excluding tert-OH is 1. The number of anilines is 1. The highest BCUT2D eigenvalue weighted by Crippen LogP contribution is 2.22. The minimum absolute atomic E-state index is 0.0154. The number of hydrogen-bond donors (Lipinski definition) is 3. The van der Waals surface area contributed by atoms with Crippen molar-refractivity contribution in [1.29, 1.82) is 0 Å². The van der Waals surface area contributed by atoms with E-state index in [1.54, 1.807) is 26.8 Å². The van der Waals surface area contributed by atoms with Crippen LogP contribution in [0.4, 0.5) is 10.5 Å². The van der Waals surface area contributed by atoms with Crippen molar-refractivity contribution in [2.75, 3.05) is 11.9 Å². The van der Waals surface area contributed by atoms with Gasteiger partial charge in [-0.25, -0.2) is 4.79 Å². The second-order valence-electron chi connectivity index (χ2n) is 8.12. The fourth-order valence-corrected chi connectivity index (χ4v) is 2.96. The molecule has 1 unspecified atom stereocenters. The molecule has 1 atom stereocenters. The first-order valence-electron chi connectivity index (χ1n) is 10.2. The van der Waals surface area contributed by atoms with Crippen LogP contribution >= 0.6 is 0 Å². The number of carbonyl (C=O) groups excluding carboxylic acids is 2. The third-order valence-corrected chi connectivity index (χ3v) is 4.27. The number of hydrogen-bond acceptors (Lipinski definition) is 4. The van der Waals surface area contributed by atoms with Gasteiger partial charge in [-0.15, -0.1) is 0 Å². The molecule has 0 radical (unpaired) electrons. The topological polar surface area (TPSA) is 87.7 Å². The number of nitrogens with one attached hydrogen (secondary N) is 2. The van der Waals surface area contributed by atoms with Gasteiger partial charge in [0.15, 0.2) is 0 Å². The standard InChI is InChI=1S/C22H36N2O4/c1-6-9-16(10-7-2)20(26)24-18-12-8-11-17(15-18)19(25)13-14-23-21(27)28-22(3,4)5/h8,11-12,15-16,19,25H,6-7,9-10,13-14H2,1-5H3,(H,23,27)(H,24,26). The van der Waals surface area contributed by atoms with Crippen LogP contribution in [0.3, 0.4) is 0 Å². The Balaban J connectivity index is 2.59. The van der Waals surface area contributed by atoms with Crippen LogP contribution in [0.15, 0.2) is 24.3 Å². The molecule has 0 saturated heterocycles. The van der Waals surface area contributed by atoms with Gasteiger partial charge >= 0.3 is 6.09 Å². The lowest BCUT2D eigenvalue weighted by Gasteiger charge is -2.20. The van der Waals surface area contributed by atoms with Crippen molar-refractivity contribution in [2.45, 2.75) is 78.4 Å².